The van der Waals surface area contributed by atoms with Crippen LogP contribution < -0.4 is 19.1 Å². The fourth-order valence-corrected chi connectivity index (χ4v) is 10.0. The van der Waals surface area contributed by atoms with Gasteiger partial charge < -0.3 is 19.4 Å². The van der Waals surface area contributed by atoms with Crippen LogP contribution in [0.5, 0.6) is 17.4 Å². The number of aromatic nitrogens is 3. The van der Waals surface area contributed by atoms with Gasteiger partial charge in [0.25, 0.3) is 15.9 Å². The third kappa shape index (κ3) is 11.4. The summed E-state index contributed by atoms with van der Waals surface area (Å²) in [6.07, 6.45) is 0.987. The summed E-state index contributed by atoms with van der Waals surface area (Å²) in [7, 11) is -5.02. The molecule has 1 amide bonds. The minimum Gasteiger partial charge on any atom is -0.474 e. The zero-order chi connectivity index (χ0) is 48.4. The van der Waals surface area contributed by atoms with Crippen LogP contribution in [0, 0.1) is 5.41 Å². The van der Waals surface area contributed by atoms with Crippen molar-refractivity contribution in [3.63, 3.8) is 0 Å². The summed E-state index contributed by atoms with van der Waals surface area (Å²) in [5, 5.41) is 1.39. The number of benzene rings is 2. The first-order chi connectivity index (χ1) is 32.3. The number of carbonyl (C=O) groups is 1. The molecule has 3 aromatic heterocycles. The molecule has 20 heteroatoms. The van der Waals surface area contributed by atoms with E-state index < -0.39 is 70.1 Å². The molecule has 5 heterocycles. The van der Waals surface area contributed by atoms with E-state index in [0.717, 1.165) is 38.9 Å². The van der Waals surface area contributed by atoms with E-state index in [-0.39, 0.29) is 54.5 Å². The van der Waals surface area contributed by atoms with E-state index in [4.69, 9.17) is 21.1 Å². The molecular weight excluding hydrogens is 936 g/mol. The topological polar surface area (TPSA) is 133 Å². The van der Waals surface area contributed by atoms with Gasteiger partial charge >= 0.3 is 6.18 Å². The number of fused-ring (bicyclic) bond motifs is 1. The van der Waals surface area contributed by atoms with Gasteiger partial charge in [-0.05, 0) is 91.1 Å². The van der Waals surface area contributed by atoms with Gasteiger partial charge in [-0.1, -0.05) is 43.2 Å². The number of nitrogens with zero attached hydrogens (tertiary/aromatic N) is 5. The number of rotatable bonds is 15. The van der Waals surface area contributed by atoms with Crippen molar-refractivity contribution in [1.82, 2.24) is 29.5 Å². The van der Waals surface area contributed by atoms with Gasteiger partial charge in [0.15, 0.2) is 0 Å². The Labute approximate surface area is 395 Å². The van der Waals surface area contributed by atoms with E-state index in [2.05, 4.69) is 50.7 Å². The number of aromatic amines is 1. The number of pyridine rings is 2. The molecule has 0 atom stereocenters. The van der Waals surface area contributed by atoms with Gasteiger partial charge in [-0.25, -0.2) is 36.3 Å². The maximum absolute atomic E-state index is 15.6. The number of H-pyrrole nitrogens is 1. The van der Waals surface area contributed by atoms with Crippen molar-refractivity contribution in [1.29, 1.82) is 0 Å². The highest BCUT2D eigenvalue weighted by molar-refractivity contribution is 7.90. The van der Waals surface area contributed by atoms with Crippen molar-refractivity contribution in [3.05, 3.63) is 107 Å². The molecule has 2 N–H and O–H groups in total. The fraction of sp³-hybridized carbons (Fsp3) is 0.438. The molecule has 0 unspecified atom stereocenters. The molecule has 364 valence electrons. The van der Waals surface area contributed by atoms with E-state index in [9.17, 15) is 35.2 Å². The molecule has 2 aromatic carbocycles. The maximum atomic E-state index is 15.6. The predicted octanol–water partition coefficient (Wildman–Crippen LogP) is 9.82. The van der Waals surface area contributed by atoms with Crippen LogP contribution >= 0.6 is 11.6 Å². The molecule has 1 aliphatic carbocycles. The van der Waals surface area contributed by atoms with Crippen molar-refractivity contribution in [2.75, 3.05) is 70.7 Å². The number of alkyl halides is 6. The lowest BCUT2D eigenvalue weighted by molar-refractivity contribution is -0.140. The van der Waals surface area contributed by atoms with Crippen molar-refractivity contribution in [2.45, 2.75) is 68.7 Å². The Morgan fingerprint density at radius 2 is 1.65 bits per heavy atom. The van der Waals surface area contributed by atoms with Crippen LogP contribution in [0.15, 0.2) is 89.7 Å². The Kier molecular flexibility index (Phi) is 14.4. The summed E-state index contributed by atoms with van der Waals surface area (Å²) in [6.45, 7) is 5.21. The third-order valence-corrected chi connectivity index (χ3v) is 14.6. The molecule has 0 radical (unpaired) electrons. The van der Waals surface area contributed by atoms with E-state index in [1.54, 1.807) is 30.5 Å². The minimum atomic E-state index is -5.21. The predicted molar refractivity (Wildman–Crippen MR) is 247 cm³/mol. The Morgan fingerprint density at radius 1 is 0.926 bits per heavy atom. The van der Waals surface area contributed by atoms with Gasteiger partial charge in [0.05, 0.1) is 24.0 Å². The molecular formula is C48H52ClF6N7O5S. The van der Waals surface area contributed by atoms with Crippen molar-refractivity contribution < 1.29 is 49.0 Å². The van der Waals surface area contributed by atoms with Crippen LogP contribution in [0.2, 0.25) is 5.02 Å². The molecule has 0 bridgehead atoms. The zero-order valence-corrected chi connectivity index (χ0v) is 39.1. The van der Waals surface area contributed by atoms with E-state index >= 15 is 4.39 Å². The monoisotopic (exact) mass is 987 g/mol. The second-order valence-corrected chi connectivity index (χ2v) is 20.6. The Morgan fingerprint density at radius 3 is 2.34 bits per heavy atom. The van der Waals surface area contributed by atoms with Gasteiger partial charge in [0.2, 0.25) is 5.88 Å². The zero-order valence-electron chi connectivity index (χ0n) is 37.5. The number of anilines is 1. The van der Waals surface area contributed by atoms with Crippen LogP contribution in [0.3, 0.4) is 0 Å². The van der Waals surface area contributed by atoms with Gasteiger partial charge in [-0.15, -0.1) is 0 Å². The number of likely N-dealkylation sites (tertiary alicyclic amines) is 1. The lowest BCUT2D eigenvalue weighted by atomic mass is 9.72. The summed E-state index contributed by atoms with van der Waals surface area (Å²) in [4.78, 5) is 29.8. The second-order valence-electron chi connectivity index (χ2n) is 18.5. The molecule has 2 aliphatic heterocycles. The Hall–Kier alpha value is -5.37. The largest absolute Gasteiger partial charge is 0.474 e. The summed E-state index contributed by atoms with van der Waals surface area (Å²) >= 11 is 6.22. The molecule has 3 aliphatic rings. The van der Waals surface area contributed by atoms with Crippen molar-refractivity contribution in [2.24, 2.45) is 5.41 Å². The first kappa shape index (κ1) is 49.1. The number of halogens is 7. The molecule has 2 fully saturated rings. The number of sulfonamides is 1. The van der Waals surface area contributed by atoms with Gasteiger partial charge in [0.1, 0.15) is 53.2 Å². The van der Waals surface area contributed by atoms with E-state index in [0.29, 0.717) is 41.0 Å². The molecule has 68 heavy (non-hydrogen) atoms. The number of hydrogen-bond donors (Lipinski definition) is 2. The first-order valence-electron chi connectivity index (χ1n) is 22.3. The summed E-state index contributed by atoms with van der Waals surface area (Å²) < 4.78 is 126. The first-order valence-corrected chi connectivity index (χ1v) is 24.2. The van der Waals surface area contributed by atoms with Crippen LogP contribution in [0.4, 0.5) is 32.0 Å². The molecule has 0 saturated carbocycles. The van der Waals surface area contributed by atoms with Crippen LogP contribution in [-0.2, 0) is 16.2 Å². The fourth-order valence-electron chi connectivity index (χ4n) is 8.98. The smallest absolute Gasteiger partial charge is 0.421 e. The number of ether oxygens (including phenoxy) is 2. The highest BCUT2D eigenvalue weighted by Gasteiger charge is 2.41. The Bertz CT molecular complexity index is 2750. The second kappa shape index (κ2) is 19.9. The average Bonchev–Trinajstić information content (AvgIpc) is 3.78. The molecule has 12 nitrogen and oxygen atoms in total. The van der Waals surface area contributed by atoms with E-state index in [1.807, 2.05) is 16.9 Å². The number of piperazine rings is 1. The molecule has 2 saturated heterocycles. The Balaban J connectivity index is 0.990. The van der Waals surface area contributed by atoms with Crippen molar-refractivity contribution in [3.8, 4) is 17.4 Å². The van der Waals surface area contributed by atoms with Crippen molar-refractivity contribution >= 4 is 49.8 Å². The van der Waals surface area contributed by atoms with E-state index in [1.165, 1.54) is 33.9 Å². The lowest BCUT2D eigenvalue weighted by Crippen LogP contribution is -2.50. The van der Waals surface area contributed by atoms with Crippen LogP contribution in [0.25, 0.3) is 16.6 Å². The number of piperidine rings is 1. The molecule has 8 rings (SSSR count). The van der Waals surface area contributed by atoms with Gasteiger partial charge in [-0.2, -0.15) is 13.2 Å². The molecule has 0 spiro atoms. The standard InChI is InChI=1S/C48H52ClF6N7O5S/c1-46(2)11-9-33(40(24-46)31-3-5-34(49)6-4-31)29-60-17-19-62(20-18-60)35-7-8-39(42(22-35)67-37-21-32-10-14-56-43(32)57-27-37)44(63)59-68(64,65)38-23-41(48(53,54)55)45(58-28-38)66-30-47(52)12-15-61(16-13-47)36(25-50)26-51/h3-8,10,14,21-23,27-28,36H,9,11-13,15-20,24-26,29-30H2,1-2H3,(H,56,57)(H,59,63). The number of nitrogens with one attached hydrogen (secondary N) is 2. The molecule has 5 aromatic rings. The van der Waals surface area contributed by atoms with Gasteiger partial charge in [0, 0.05) is 74.2 Å². The lowest BCUT2D eigenvalue weighted by Gasteiger charge is -2.39. The van der Waals surface area contributed by atoms with Crippen LogP contribution in [0.1, 0.15) is 67.4 Å². The number of hydrogen-bond acceptors (Lipinski definition) is 10. The summed E-state index contributed by atoms with van der Waals surface area (Å²) in [6, 6.07) is 15.3. The SMILES string of the molecule is CC1(C)CCC(CN2CCN(c3ccc(C(=O)NS(=O)(=O)c4cnc(OCC5(F)CCN(C(CF)CF)CC5)c(C(F)(F)F)c4)c(Oc4cnc5[nH]ccc5c4)c3)CC2)=C(c2ccc(Cl)cc2)C1. The highest BCUT2D eigenvalue weighted by atomic mass is 35.5. The number of allylic oxidation sites excluding steroid dienone is 1. The number of amides is 1. The maximum Gasteiger partial charge on any atom is 0.421 e. The van der Waals surface area contributed by atoms with Crippen LogP contribution in [-0.4, -0.2) is 117 Å². The average molecular weight is 988 g/mol. The number of carbonyl (C=O) groups excluding carboxylic acids is 1. The van der Waals surface area contributed by atoms with Gasteiger partial charge in [-0.3, -0.25) is 14.6 Å². The summed E-state index contributed by atoms with van der Waals surface area (Å²) in [5.74, 6) is -2.08. The normalized spacial score (nSPS) is 18.3. The quantitative estimate of drug-likeness (QED) is 0.0978. The highest BCUT2D eigenvalue weighted by Crippen LogP contribution is 2.44. The summed E-state index contributed by atoms with van der Waals surface area (Å²) in [5.41, 5.74) is 1.40. The minimum absolute atomic E-state index is 0.0364. The third-order valence-electron chi connectivity index (χ3n) is 13.0.